The van der Waals surface area contributed by atoms with Crippen LogP contribution in [0.5, 0.6) is 5.75 Å². The molecule has 2 fully saturated rings. The number of aliphatic hydroxyl groups is 2. The normalized spacial score (nSPS) is 24.7. The smallest absolute Gasteiger partial charge is 0.246 e. The second-order valence-electron chi connectivity index (χ2n) is 11.2. The first-order valence-corrected chi connectivity index (χ1v) is 14.4. The number of hydrogen-bond donors (Lipinski definition) is 5. The number of carbonyl (C=O) groups is 4. The predicted octanol–water partition coefficient (Wildman–Crippen LogP) is 1.22. The highest BCUT2D eigenvalue weighted by Gasteiger charge is 2.40. The summed E-state index contributed by atoms with van der Waals surface area (Å²) in [6.07, 6.45) is 4.84. The minimum Gasteiger partial charge on any atom is -0.497 e. The van der Waals surface area contributed by atoms with Crippen LogP contribution in [0.4, 0.5) is 0 Å². The molecule has 3 aliphatic rings. The SMILES string of the molecule is COc1ccc([C@@H](O)[C@H](NC(=O)[C@@H](C)NC(=O)C2CCC(O)CC2)C(=O)N[C@@H](CC2=CCCC2)C(=O)[C@H]2CO2)cc1. The van der Waals surface area contributed by atoms with Crippen LogP contribution >= 0.6 is 0 Å². The molecule has 0 unspecified atom stereocenters. The van der Waals surface area contributed by atoms with Gasteiger partial charge in [-0.25, -0.2) is 0 Å². The third kappa shape index (κ3) is 8.37. The number of carbonyl (C=O) groups excluding carboxylic acids is 4. The lowest BCUT2D eigenvalue weighted by molar-refractivity contribution is -0.136. The largest absolute Gasteiger partial charge is 0.497 e. The predicted molar refractivity (Wildman–Crippen MR) is 149 cm³/mol. The number of allylic oxidation sites excluding steroid dienone is 1. The quantitative estimate of drug-likeness (QED) is 0.174. The van der Waals surface area contributed by atoms with E-state index in [0.717, 1.165) is 24.8 Å². The molecule has 5 N–H and O–H groups in total. The highest BCUT2D eigenvalue weighted by molar-refractivity contribution is 5.97. The van der Waals surface area contributed by atoms with Crippen molar-refractivity contribution in [3.8, 4) is 5.75 Å². The Hall–Kier alpha value is -3.28. The summed E-state index contributed by atoms with van der Waals surface area (Å²) >= 11 is 0. The monoisotopic (exact) mass is 571 g/mol. The van der Waals surface area contributed by atoms with Gasteiger partial charge in [0, 0.05) is 5.92 Å². The molecule has 1 aromatic carbocycles. The van der Waals surface area contributed by atoms with Crippen LogP contribution in [-0.4, -0.2) is 77.8 Å². The number of benzene rings is 1. The van der Waals surface area contributed by atoms with E-state index in [1.165, 1.54) is 14.0 Å². The summed E-state index contributed by atoms with van der Waals surface area (Å²) in [5.41, 5.74) is 1.43. The van der Waals surface area contributed by atoms with Gasteiger partial charge in [0.1, 0.15) is 30.0 Å². The fraction of sp³-hybridized carbons (Fsp3) is 0.600. The van der Waals surface area contributed by atoms with Gasteiger partial charge in [0.15, 0.2) is 5.78 Å². The number of rotatable bonds is 13. The van der Waals surface area contributed by atoms with Gasteiger partial charge in [0.05, 0.1) is 25.9 Å². The van der Waals surface area contributed by atoms with Crippen molar-refractivity contribution in [3.05, 3.63) is 41.5 Å². The van der Waals surface area contributed by atoms with Crippen LogP contribution in [0.3, 0.4) is 0 Å². The summed E-state index contributed by atoms with van der Waals surface area (Å²) in [5.74, 6) is -1.67. The Bertz CT molecular complexity index is 1130. The topological polar surface area (TPSA) is 167 Å². The summed E-state index contributed by atoms with van der Waals surface area (Å²) in [4.78, 5) is 52.6. The number of aliphatic hydroxyl groups excluding tert-OH is 2. The minimum absolute atomic E-state index is 0.242. The van der Waals surface area contributed by atoms with E-state index in [9.17, 15) is 29.4 Å². The highest BCUT2D eigenvalue weighted by atomic mass is 16.6. The maximum Gasteiger partial charge on any atom is 0.246 e. The first kappa shape index (κ1) is 30.7. The zero-order valence-electron chi connectivity index (χ0n) is 23.6. The number of ether oxygens (including phenoxy) is 2. The van der Waals surface area contributed by atoms with Gasteiger partial charge in [-0.05, 0) is 76.0 Å². The van der Waals surface area contributed by atoms with Crippen LogP contribution in [0.25, 0.3) is 0 Å². The van der Waals surface area contributed by atoms with Crippen molar-refractivity contribution >= 4 is 23.5 Å². The average molecular weight is 572 g/mol. The molecule has 1 saturated carbocycles. The molecular formula is C30H41N3O8. The van der Waals surface area contributed by atoms with E-state index < -0.39 is 48.3 Å². The number of Topliss-reactive ketones (excluding diaryl/α,β-unsaturated/α-hetero) is 1. The van der Waals surface area contributed by atoms with E-state index in [-0.39, 0.29) is 17.6 Å². The van der Waals surface area contributed by atoms with Crippen LogP contribution < -0.4 is 20.7 Å². The fourth-order valence-electron chi connectivity index (χ4n) is 5.40. The lowest BCUT2D eigenvalue weighted by Gasteiger charge is -2.29. The van der Waals surface area contributed by atoms with Crippen molar-refractivity contribution in [1.82, 2.24) is 16.0 Å². The van der Waals surface area contributed by atoms with Crippen molar-refractivity contribution in [2.24, 2.45) is 5.92 Å². The highest BCUT2D eigenvalue weighted by Crippen LogP contribution is 2.26. The third-order valence-corrected chi connectivity index (χ3v) is 8.08. The van der Waals surface area contributed by atoms with E-state index in [4.69, 9.17) is 9.47 Å². The van der Waals surface area contributed by atoms with Crippen molar-refractivity contribution in [2.75, 3.05) is 13.7 Å². The Morgan fingerprint density at radius 1 is 1.02 bits per heavy atom. The molecule has 1 heterocycles. The number of epoxide rings is 1. The average Bonchev–Trinajstić information content (AvgIpc) is 3.70. The molecule has 224 valence electrons. The second kappa shape index (κ2) is 14.1. The number of amides is 3. The van der Waals surface area contributed by atoms with Gasteiger partial charge in [0.2, 0.25) is 17.7 Å². The molecule has 0 bridgehead atoms. The van der Waals surface area contributed by atoms with Gasteiger partial charge in [-0.15, -0.1) is 0 Å². The van der Waals surface area contributed by atoms with Crippen molar-refractivity contribution in [3.63, 3.8) is 0 Å². The minimum atomic E-state index is -1.45. The van der Waals surface area contributed by atoms with Crippen molar-refractivity contribution in [1.29, 1.82) is 0 Å². The Kier molecular flexibility index (Phi) is 10.5. The molecule has 11 heteroatoms. The molecule has 4 rings (SSSR count). The second-order valence-corrected chi connectivity index (χ2v) is 11.2. The van der Waals surface area contributed by atoms with Gasteiger partial charge < -0.3 is 35.6 Å². The summed E-state index contributed by atoms with van der Waals surface area (Å²) in [6.45, 7) is 1.80. The van der Waals surface area contributed by atoms with Crippen LogP contribution in [-0.2, 0) is 23.9 Å². The van der Waals surface area contributed by atoms with Gasteiger partial charge >= 0.3 is 0 Å². The molecule has 0 radical (unpaired) electrons. The summed E-state index contributed by atoms with van der Waals surface area (Å²) < 4.78 is 10.4. The summed E-state index contributed by atoms with van der Waals surface area (Å²) in [5, 5.41) is 29.0. The molecule has 1 aliphatic heterocycles. The molecule has 5 atom stereocenters. The van der Waals surface area contributed by atoms with Crippen LogP contribution in [0.1, 0.15) is 70.0 Å². The van der Waals surface area contributed by atoms with E-state index in [1.54, 1.807) is 24.3 Å². The molecule has 0 aromatic heterocycles. The fourth-order valence-corrected chi connectivity index (χ4v) is 5.40. The molecule has 3 amide bonds. The lowest BCUT2D eigenvalue weighted by Crippen LogP contribution is -2.57. The summed E-state index contributed by atoms with van der Waals surface area (Å²) in [7, 11) is 1.51. The van der Waals surface area contributed by atoms with Crippen molar-refractivity contribution in [2.45, 2.75) is 94.7 Å². The molecule has 0 spiro atoms. The van der Waals surface area contributed by atoms with Gasteiger partial charge in [-0.2, -0.15) is 0 Å². The van der Waals surface area contributed by atoms with Gasteiger partial charge in [-0.1, -0.05) is 23.8 Å². The van der Waals surface area contributed by atoms with Crippen LogP contribution in [0.15, 0.2) is 35.9 Å². The molecule has 41 heavy (non-hydrogen) atoms. The maximum atomic E-state index is 13.6. The van der Waals surface area contributed by atoms with Crippen molar-refractivity contribution < 1.29 is 38.9 Å². The van der Waals surface area contributed by atoms with Gasteiger partial charge in [-0.3, -0.25) is 19.2 Å². The van der Waals surface area contributed by atoms with E-state index in [2.05, 4.69) is 22.0 Å². The Morgan fingerprint density at radius 3 is 2.29 bits per heavy atom. The first-order valence-electron chi connectivity index (χ1n) is 14.4. The Balaban J connectivity index is 1.48. The molecule has 2 aliphatic carbocycles. The lowest BCUT2D eigenvalue weighted by atomic mass is 9.87. The number of methoxy groups -OCH3 is 1. The van der Waals surface area contributed by atoms with Gasteiger partial charge in [0.25, 0.3) is 0 Å². The Morgan fingerprint density at radius 2 is 1.71 bits per heavy atom. The zero-order valence-corrected chi connectivity index (χ0v) is 23.6. The number of nitrogens with one attached hydrogen (secondary N) is 3. The van der Waals surface area contributed by atoms with E-state index in [0.29, 0.717) is 50.0 Å². The van der Waals surface area contributed by atoms with E-state index in [1.807, 2.05) is 0 Å². The third-order valence-electron chi connectivity index (χ3n) is 8.08. The zero-order chi connectivity index (χ0) is 29.5. The molecule has 11 nitrogen and oxygen atoms in total. The first-order chi connectivity index (χ1) is 19.7. The molecular weight excluding hydrogens is 530 g/mol. The summed E-state index contributed by atoms with van der Waals surface area (Å²) in [6, 6.07) is 3.12. The van der Waals surface area contributed by atoms with E-state index >= 15 is 0 Å². The maximum absolute atomic E-state index is 13.6. The van der Waals surface area contributed by atoms with Crippen LogP contribution in [0.2, 0.25) is 0 Å². The molecule has 1 aromatic rings. The van der Waals surface area contributed by atoms with Crippen LogP contribution in [0, 0.1) is 5.92 Å². The molecule has 1 saturated heterocycles. The number of hydrogen-bond acceptors (Lipinski definition) is 8. The Labute approximate surface area is 240 Å². The standard InChI is InChI=1S/C30H41N3O8/c1-17(31-29(38)20-7-11-21(34)12-8-20)28(37)33-25(26(35)19-9-13-22(40-2)14-10-19)30(39)32-23(27(36)24-16-41-24)15-18-5-3-4-6-18/h5,9-10,13-14,17,20-21,23-26,34-35H,3-4,6-8,11-12,15-16H2,1-2H3,(H,31,38)(H,32,39)(H,33,37)/t17-,20?,21?,23+,24-,25+,26-/m1/s1. The number of ketones is 1.